The Labute approximate surface area is 86.2 Å². The molecule has 3 heteroatoms. The number of nitrogens with one attached hydrogen (secondary N) is 1. The van der Waals surface area contributed by atoms with Crippen molar-refractivity contribution in [3.63, 3.8) is 0 Å². The van der Waals surface area contributed by atoms with Crippen LogP contribution >= 0.6 is 0 Å². The summed E-state index contributed by atoms with van der Waals surface area (Å²) in [6.07, 6.45) is 2.76. The molecular weight excluding hydrogens is 176 g/mol. The Balaban J connectivity index is 2.57. The van der Waals surface area contributed by atoms with Gasteiger partial charge >= 0.3 is 0 Å². The normalized spacial score (nSPS) is 21.2. The van der Waals surface area contributed by atoms with Gasteiger partial charge in [-0.05, 0) is 26.8 Å². The highest BCUT2D eigenvalue weighted by Gasteiger charge is 2.27. The molecule has 1 rings (SSSR count). The van der Waals surface area contributed by atoms with E-state index in [1.165, 1.54) is 0 Å². The van der Waals surface area contributed by atoms with Crippen molar-refractivity contribution in [3.05, 3.63) is 12.7 Å². The minimum absolute atomic E-state index is 0.178. The second-order valence-corrected chi connectivity index (χ2v) is 4.06. The van der Waals surface area contributed by atoms with Crippen LogP contribution in [0.2, 0.25) is 0 Å². The molecule has 0 aromatic carbocycles. The Bertz CT molecular complexity index is 207. The Morgan fingerprint density at radius 2 is 2.43 bits per heavy atom. The fourth-order valence-electron chi connectivity index (χ4n) is 1.79. The summed E-state index contributed by atoms with van der Waals surface area (Å²) in [5.41, 5.74) is 0. The van der Waals surface area contributed by atoms with Gasteiger partial charge in [-0.1, -0.05) is 6.08 Å². The summed E-state index contributed by atoms with van der Waals surface area (Å²) in [7, 11) is 0. The molecule has 1 N–H and O–H groups in total. The number of hydrogen-bond acceptors (Lipinski definition) is 2. The van der Waals surface area contributed by atoms with E-state index in [2.05, 4.69) is 11.9 Å². The van der Waals surface area contributed by atoms with Gasteiger partial charge in [-0.15, -0.1) is 6.58 Å². The predicted molar refractivity (Wildman–Crippen MR) is 58.0 cm³/mol. The zero-order chi connectivity index (χ0) is 10.6. The smallest absolute Gasteiger partial charge is 0.227 e. The Hall–Kier alpha value is -0.830. The fraction of sp³-hybridized carbons (Fsp3) is 0.727. The summed E-state index contributed by atoms with van der Waals surface area (Å²) in [6, 6.07) is 0.265. The summed E-state index contributed by atoms with van der Waals surface area (Å²) in [5, 5.41) is 3.22. The first kappa shape index (κ1) is 11.2. The van der Waals surface area contributed by atoms with Crippen molar-refractivity contribution < 1.29 is 4.79 Å². The first-order valence-electron chi connectivity index (χ1n) is 5.29. The van der Waals surface area contributed by atoms with Gasteiger partial charge in [-0.25, -0.2) is 0 Å². The zero-order valence-corrected chi connectivity index (χ0v) is 9.12. The molecule has 1 amide bonds. The molecule has 80 valence electrons. The van der Waals surface area contributed by atoms with Crippen LogP contribution in [0.25, 0.3) is 0 Å². The minimum Gasteiger partial charge on any atom is -0.336 e. The van der Waals surface area contributed by atoms with Crippen molar-refractivity contribution in [2.45, 2.75) is 26.3 Å². The minimum atomic E-state index is 0.178. The van der Waals surface area contributed by atoms with Gasteiger partial charge in [0.25, 0.3) is 0 Å². The Morgan fingerprint density at radius 1 is 1.71 bits per heavy atom. The number of amides is 1. The fourth-order valence-corrected chi connectivity index (χ4v) is 1.79. The maximum Gasteiger partial charge on any atom is 0.227 e. The van der Waals surface area contributed by atoms with E-state index in [0.717, 1.165) is 19.5 Å². The Kier molecular flexibility index (Phi) is 4.14. The number of hydrogen-bond donors (Lipinski definition) is 1. The van der Waals surface area contributed by atoms with E-state index in [9.17, 15) is 4.79 Å². The molecule has 1 unspecified atom stereocenters. The molecule has 0 aliphatic carbocycles. The van der Waals surface area contributed by atoms with Crippen LogP contribution in [0.3, 0.4) is 0 Å². The molecule has 1 saturated heterocycles. The van der Waals surface area contributed by atoms with Crippen molar-refractivity contribution in [2.24, 2.45) is 5.92 Å². The topological polar surface area (TPSA) is 32.3 Å². The highest BCUT2D eigenvalue weighted by atomic mass is 16.2. The highest BCUT2D eigenvalue weighted by Crippen LogP contribution is 2.13. The number of rotatable bonds is 4. The van der Waals surface area contributed by atoms with Crippen molar-refractivity contribution in [2.75, 3.05) is 19.6 Å². The summed E-state index contributed by atoms with van der Waals surface area (Å²) in [5.74, 6) is 0.447. The molecule has 0 saturated carbocycles. The van der Waals surface area contributed by atoms with E-state index in [0.29, 0.717) is 6.54 Å². The van der Waals surface area contributed by atoms with Crippen LogP contribution in [0.1, 0.15) is 20.3 Å². The predicted octanol–water partition coefficient (Wildman–Crippen LogP) is 1.02. The van der Waals surface area contributed by atoms with Gasteiger partial charge in [-0.3, -0.25) is 4.79 Å². The molecular formula is C11H20N2O. The van der Waals surface area contributed by atoms with E-state index in [4.69, 9.17) is 0 Å². The molecule has 3 nitrogen and oxygen atoms in total. The van der Waals surface area contributed by atoms with E-state index in [1.54, 1.807) is 6.08 Å². The van der Waals surface area contributed by atoms with Crippen LogP contribution in [-0.2, 0) is 4.79 Å². The molecule has 0 bridgehead atoms. The van der Waals surface area contributed by atoms with Crippen LogP contribution < -0.4 is 5.32 Å². The summed E-state index contributed by atoms with van der Waals surface area (Å²) in [4.78, 5) is 13.9. The van der Waals surface area contributed by atoms with E-state index in [-0.39, 0.29) is 17.9 Å². The van der Waals surface area contributed by atoms with Gasteiger partial charge < -0.3 is 10.2 Å². The van der Waals surface area contributed by atoms with Crippen LogP contribution in [0, 0.1) is 5.92 Å². The molecule has 1 atom stereocenters. The van der Waals surface area contributed by atoms with Crippen LogP contribution in [0.4, 0.5) is 0 Å². The Morgan fingerprint density at radius 3 is 2.86 bits per heavy atom. The monoisotopic (exact) mass is 196 g/mol. The van der Waals surface area contributed by atoms with E-state index >= 15 is 0 Å². The van der Waals surface area contributed by atoms with Gasteiger partial charge in [-0.2, -0.15) is 0 Å². The summed E-state index contributed by atoms with van der Waals surface area (Å²) >= 11 is 0. The second-order valence-electron chi connectivity index (χ2n) is 4.06. The third-order valence-electron chi connectivity index (χ3n) is 2.64. The molecule has 1 fully saturated rings. The molecule has 0 radical (unpaired) electrons. The van der Waals surface area contributed by atoms with Crippen LogP contribution in [0.5, 0.6) is 0 Å². The van der Waals surface area contributed by atoms with Gasteiger partial charge in [0.05, 0.1) is 5.92 Å². The van der Waals surface area contributed by atoms with Crippen molar-refractivity contribution in [3.8, 4) is 0 Å². The molecule has 1 aliphatic rings. The van der Waals surface area contributed by atoms with E-state index < -0.39 is 0 Å². The van der Waals surface area contributed by atoms with E-state index in [1.807, 2.05) is 18.7 Å². The third-order valence-corrected chi connectivity index (χ3v) is 2.64. The SMILES string of the molecule is C=CCN(C(=O)C1CCNC1)C(C)C. The standard InChI is InChI=1S/C11H20N2O/c1-4-7-13(9(2)3)11(14)10-5-6-12-8-10/h4,9-10,12H,1,5-8H2,2-3H3. The first-order valence-corrected chi connectivity index (χ1v) is 5.29. The second kappa shape index (κ2) is 5.15. The lowest BCUT2D eigenvalue weighted by Gasteiger charge is -2.27. The van der Waals surface area contributed by atoms with Crippen LogP contribution in [-0.4, -0.2) is 36.5 Å². The van der Waals surface area contributed by atoms with Gasteiger partial charge in [0, 0.05) is 19.1 Å². The van der Waals surface area contributed by atoms with Gasteiger partial charge in [0.15, 0.2) is 0 Å². The van der Waals surface area contributed by atoms with Crippen LogP contribution in [0.15, 0.2) is 12.7 Å². The van der Waals surface area contributed by atoms with Crippen molar-refractivity contribution >= 4 is 5.91 Å². The maximum atomic E-state index is 12.0. The van der Waals surface area contributed by atoms with Crippen molar-refractivity contribution in [1.82, 2.24) is 10.2 Å². The number of carbonyl (C=O) groups is 1. The lowest BCUT2D eigenvalue weighted by Crippen LogP contribution is -2.41. The number of nitrogens with zero attached hydrogens (tertiary/aromatic N) is 1. The molecule has 1 heterocycles. The maximum absolute atomic E-state index is 12.0. The first-order chi connectivity index (χ1) is 6.66. The van der Waals surface area contributed by atoms with Gasteiger partial charge in [0.2, 0.25) is 5.91 Å². The molecule has 0 aromatic heterocycles. The van der Waals surface area contributed by atoms with Crippen molar-refractivity contribution in [1.29, 1.82) is 0 Å². The molecule has 14 heavy (non-hydrogen) atoms. The summed E-state index contributed by atoms with van der Waals surface area (Å²) < 4.78 is 0. The third kappa shape index (κ3) is 2.58. The van der Waals surface area contributed by atoms with Gasteiger partial charge in [0.1, 0.15) is 0 Å². The molecule has 0 spiro atoms. The average molecular weight is 196 g/mol. The molecule has 0 aromatic rings. The number of carbonyl (C=O) groups excluding carboxylic acids is 1. The quantitative estimate of drug-likeness (QED) is 0.681. The summed E-state index contributed by atoms with van der Waals surface area (Å²) in [6.45, 7) is 10.2. The lowest BCUT2D eigenvalue weighted by molar-refractivity contribution is -0.136. The average Bonchev–Trinajstić information content (AvgIpc) is 2.65. The lowest BCUT2D eigenvalue weighted by atomic mass is 10.1. The largest absolute Gasteiger partial charge is 0.336 e. The highest BCUT2D eigenvalue weighted by molar-refractivity contribution is 5.79. The zero-order valence-electron chi connectivity index (χ0n) is 9.12. The molecule has 1 aliphatic heterocycles.